The van der Waals surface area contributed by atoms with Crippen molar-refractivity contribution in [2.45, 2.75) is 39.3 Å². The Morgan fingerprint density at radius 1 is 1.56 bits per heavy atom. The molecule has 0 radical (unpaired) electrons. The summed E-state index contributed by atoms with van der Waals surface area (Å²) in [6, 6.07) is 5.17. The summed E-state index contributed by atoms with van der Waals surface area (Å²) in [4.78, 5) is 2.50. The van der Waals surface area contributed by atoms with Crippen LogP contribution in [0.3, 0.4) is 0 Å². The van der Waals surface area contributed by atoms with Crippen molar-refractivity contribution in [2.75, 3.05) is 19.6 Å². The molecular weight excluding hydrogens is 200 g/mol. The van der Waals surface area contributed by atoms with Crippen LogP contribution in [0.25, 0.3) is 0 Å². The van der Waals surface area contributed by atoms with Crippen molar-refractivity contribution in [1.82, 2.24) is 10.2 Å². The van der Waals surface area contributed by atoms with Crippen molar-refractivity contribution in [1.29, 1.82) is 0 Å². The van der Waals surface area contributed by atoms with Gasteiger partial charge in [-0.2, -0.15) is 0 Å². The number of hydrogen-bond acceptors (Lipinski definition) is 3. The van der Waals surface area contributed by atoms with E-state index >= 15 is 0 Å². The van der Waals surface area contributed by atoms with Crippen LogP contribution in [0.15, 0.2) is 16.5 Å². The molecule has 0 spiro atoms. The summed E-state index contributed by atoms with van der Waals surface area (Å²) in [5, 5.41) is 3.54. The SMILES string of the molecule is CCC1CN(C(C)c2ccc(C)o2)CCN1. The molecule has 1 aromatic rings. The van der Waals surface area contributed by atoms with Gasteiger partial charge in [0.25, 0.3) is 0 Å². The highest BCUT2D eigenvalue weighted by atomic mass is 16.3. The fraction of sp³-hybridized carbons (Fsp3) is 0.692. The fourth-order valence-corrected chi connectivity index (χ4v) is 2.33. The van der Waals surface area contributed by atoms with Crippen molar-refractivity contribution >= 4 is 0 Å². The minimum atomic E-state index is 0.393. The third kappa shape index (κ3) is 2.47. The Labute approximate surface area is 97.8 Å². The molecule has 1 saturated heterocycles. The fourth-order valence-electron chi connectivity index (χ4n) is 2.33. The largest absolute Gasteiger partial charge is 0.465 e. The average molecular weight is 222 g/mol. The lowest BCUT2D eigenvalue weighted by atomic mass is 10.1. The van der Waals surface area contributed by atoms with E-state index in [0.717, 1.165) is 31.2 Å². The van der Waals surface area contributed by atoms with E-state index in [4.69, 9.17) is 4.42 Å². The third-order valence-electron chi connectivity index (χ3n) is 3.50. The van der Waals surface area contributed by atoms with Gasteiger partial charge in [-0.05, 0) is 32.4 Å². The van der Waals surface area contributed by atoms with Gasteiger partial charge in [0.1, 0.15) is 11.5 Å². The normalized spacial score (nSPS) is 24.6. The van der Waals surface area contributed by atoms with Gasteiger partial charge in [0.05, 0.1) is 6.04 Å². The van der Waals surface area contributed by atoms with Crippen LogP contribution in [0.1, 0.15) is 37.8 Å². The molecule has 2 unspecified atom stereocenters. The molecule has 0 aromatic carbocycles. The molecule has 2 atom stereocenters. The molecule has 1 aliphatic heterocycles. The number of rotatable bonds is 3. The number of aryl methyl sites for hydroxylation is 1. The minimum absolute atomic E-state index is 0.393. The summed E-state index contributed by atoms with van der Waals surface area (Å²) in [5.74, 6) is 2.10. The van der Waals surface area contributed by atoms with Crippen LogP contribution in [0.4, 0.5) is 0 Å². The van der Waals surface area contributed by atoms with Crippen LogP contribution in [-0.2, 0) is 0 Å². The zero-order valence-electron chi connectivity index (χ0n) is 10.5. The topological polar surface area (TPSA) is 28.4 Å². The predicted molar refractivity (Wildman–Crippen MR) is 65.5 cm³/mol. The molecule has 3 heteroatoms. The van der Waals surface area contributed by atoms with Crippen LogP contribution in [0.2, 0.25) is 0 Å². The molecule has 1 fully saturated rings. The summed E-state index contributed by atoms with van der Waals surface area (Å²) in [5.41, 5.74) is 0. The monoisotopic (exact) mass is 222 g/mol. The average Bonchev–Trinajstić information content (AvgIpc) is 2.75. The van der Waals surface area contributed by atoms with Crippen molar-refractivity contribution in [3.05, 3.63) is 23.7 Å². The third-order valence-corrected chi connectivity index (χ3v) is 3.50. The van der Waals surface area contributed by atoms with Gasteiger partial charge in [0.2, 0.25) is 0 Å². The molecule has 90 valence electrons. The van der Waals surface area contributed by atoms with Crippen LogP contribution >= 0.6 is 0 Å². The smallest absolute Gasteiger partial charge is 0.121 e. The zero-order valence-corrected chi connectivity index (χ0v) is 10.5. The second kappa shape index (κ2) is 5.02. The van der Waals surface area contributed by atoms with Gasteiger partial charge in [0.15, 0.2) is 0 Å². The van der Waals surface area contributed by atoms with E-state index in [1.807, 2.05) is 13.0 Å². The van der Waals surface area contributed by atoms with Gasteiger partial charge in [-0.15, -0.1) is 0 Å². The summed E-state index contributed by atoms with van der Waals surface area (Å²) >= 11 is 0. The molecule has 0 bridgehead atoms. The Morgan fingerprint density at radius 2 is 2.38 bits per heavy atom. The standard InChI is InChI=1S/C13H22N2O/c1-4-12-9-15(8-7-14-12)11(3)13-6-5-10(2)16-13/h5-6,11-12,14H,4,7-9H2,1-3H3. The molecule has 1 N–H and O–H groups in total. The van der Waals surface area contributed by atoms with E-state index in [-0.39, 0.29) is 0 Å². The van der Waals surface area contributed by atoms with Crippen LogP contribution in [-0.4, -0.2) is 30.6 Å². The highest BCUT2D eigenvalue weighted by molar-refractivity contribution is 5.09. The number of nitrogens with zero attached hydrogens (tertiary/aromatic N) is 1. The van der Waals surface area contributed by atoms with E-state index in [9.17, 15) is 0 Å². The van der Waals surface area contributed by atoms with E-state index in [0.29, 0.717) is 12.1 Å². The maximum atomic E-state index is 5.71. The molecule has 0 saturated carbocycles. The van der Waals surface area contributed by atoms with Crippen LogP contribution in [0.5, 0.6) is 0 Å². The second-order valence-electron chi connectivity index (χ2n) is 4.68. The zero-order chi connectivity index (χ0) is 11.5. The van der Waals surface area contributed by atoms with Gasteiger partial charge < -0.3 is 9.73 Å². The number of furan rings is 1. The molecule has 2 rings (SSSR count). The molecule has 16 heavy (non-hydrogen) atoms. The maximum absolute atomic E-state index is 5.71. The highest BCUT2D eigenvalue weighted by Crippen LogP contribution is 2.23. The molecular formula is C13H22N2O. The Hall–Kier alpha value is -0.800. The minimum Gasteiger partial charge on any atom is -0.465 e. The molecule has 0 amide bonds. The number of nitrogens with one attached hydrogen (secondary N) is 1. The first-order chi connectivity index (χ1) is 7.70. The van der Waals surface area contributed by atoms with Crippen molar-refractivity contribution in [3.8, 4) is 0 Å². The molecule has 1 aromatic heterocycles. The van der Waals surface area contributed by atoms with E-state index < -0.39 is 0 Å². The summed E-state index contributed by atoms with van der Waals surface area (Å²) in [6.07, 6.45) is 1.19. The first kappa shape index (κ1) is 11.7. The lowest BCUT2D eigenvalue weighted by molar-refractivity contribution is 0.136. The van der Waals surface area contributed by atoms with Gasteiger partial charge >= 0.3 is 0 Å². The van der Waals surface area contributed by atoms with Crippen LogP contribution in [0, 0.1) is 6.92 Å². The first-order valence-electron chi connectivity index (χ1n) is 6.24. The van der Waals surface area contributed by atoms with Crippen LogP contribution < -0.4 is 5.32 Å². The van der Waals surface area contributed by atoms with Crippen molar-refractivity contribution in [3.63, 3.8) is 0 Å². The summed E-state index contributed by atoms with van der Waals surface area (Å²) in [7, 11) is 0. The predicted octanol–water partition coefficient (Wildman–Crippen LogP) is 2.33. The van der Waals surface area contributed by atoms with E-state index in [1.54, 1.807) is 0 Å². The molecule has 1 aliphatic rings. The quantitative estimate of drug-likeness (QED) is 0.851. The van der Waals surface area contributed by atoms with Crippen molar-refractivity contribution in [2.24, 2.45) is 0 Å². The van der Waals surface area contributed by atoms with E-state index in [2.05, 4.69) is 30.1 Å². The van der Waals surface area contributed by atoms with Gasteiger partial charge in [-0.25, -0.2) is 0 Å². The Kier molecular flexibility index (Phi) is 3.66. The first-order valence-corrected chi connectivity index (χ1v) is 6.24. The second-order valence-corrected chi connectivity index (χ2v) is 4.68. The highest BCUT2D eigenvalue weighted by Gasteiger charge is 2.24. The Bertz CT molecular complexity index is 334. The van der Waals surface area contributed by atoms with Crippen molar-refractivity contribution < 1.29 is 4.42 Å². The molecule has 0 aliphatic carbocycles. The Balaban J connectivity index is 2.01. The summed E-state index contributed by atoms with van der Waals surface area (Å²) in [6.45, 7) is 9.79. The lowest BCUT2D eigenvalue weighted by Crippen LogP contribution is -2.50. The molecule has 2 heterocycles. The number of hydrogen-bond donors (Lipinski definition) is 1. The van der Waals surface area contributed by atoms with Gasteiger partial charge in [-0.1, -0.05) is 6.92 Å². The number of piperazine rings is 1. The summed E-state index contributed by atoms with van der Waals surface area (Å²) < 4.78 is 5.71. The van der Waals surface area contributed by atoms with E-state index in [1.165, 1.54) is 6.42 Å². The molecule has 3 nitrogen and oxygen atoms in total. The lowest BCUT2D eigenvalue weighted by Gasteiger charge is -2.36. The maximum Gasteiger partial charge on any atom is 0.121 e. The van der Waals surface area contributed by atoms with Gasteiger partial charge in [0, 0.05) is 25.7 Å². The van der Waals surface area contributed by atoms with Gasteiger partial charge in [-0.3, -0.25) is 4.90 Å². The Morgan fingerprint density at radius 3 is 3.00 bits per heavy atom.